The average Bonchev–Trinajstić information content (AvgIpc) is 3.27. The predicted molar refractivity (Wildman–Crippen MR) is 139 cm³/mol. The van der Waals surface area contributed by atoms with Crippen LogP contribution in [0.2, 0.25) is 0 Å². The lowest BCUT2D eigenvalue weighted by Crippen LogP contribution is -2.38. The van der Waals surface area contributed by atoms with Crippen molar-refractivity contribution in [3.63, 3.8) is 0 Å². The van der Waals surface area contributed by atoms with E-state index in [9.17, 15) is 19.3 Å². The topological polar surface area (TPSA) is 193 Å². The second-order valence-corrected chi connectivity index (χ2v) is 10.7. The Bertz CT molecular complexity index is 1370. The third kappa shape index (κ3) is 7.83. The molecule has 39 heavy (non-hydrogen) atoms. The van der Waals surface area contributed by atoms with Gasteiger partial charge in [0.05, 0.1) is 32.3 Å². The van der Waals surface area contributed by atoms with Crippen LogP contribution in [0.1, 0.15) is 33.9 Å². The number of aliphatic hydroxyl groups excluding tert-OH is 1. The summed E-state index contributed by atoms with van der Waals surface area (Å²) in [5, 5.41) is 12.2. The number of esters is 1. The molecular formula is C23H32FN6O8P. The maximum atomic E-state index is 15.3. The molecule has 0 saturated carbocycles. The summed E-state index contributed by atoms with van der Waals surface area (Å²) in [7, 11) is -4.18. The number of ether oxygens (including phenoxy) is 2. The number of H-pyrrole nitrogens is 1. The Morgan fingerprint density at radius 3 is 2.62 bits per heavy atom. The number of nitrogens with one attached hydrogen (secondary N) is 2. The summed E-state index contributed by atoms with van der Waals surface area (Å²) in [6.07, 6.45) is -0.811. The zero-order valence-electron chi connectivity index (χ0n) is 21.9. The molecule has 3 rings (SSSR count). The Hall–Kier alpha value is -3.36. The van der Waals surface area contributed by atoms with Crippen LogP contribution in [-0.4, -0.2) is 68.2 Å². The third-order valence-corrected chi connectivity index (χ3v) is 6.85. The number of nitrogen functional groups attached to an aromatic ring is 1. The lowest BCUT2D eigenvalue weighted by atomic mass is 10.1. The van der Waals surface area contributed by atoms with E-state index in [4.69, 9.17) is 24.3 Å². The molecule has 0 radical (unpaired) electrons. The number of carbonyl (C=O) groups excluding carboxylic acids is 1. The van der Waals surface area contributed by atoms with Gasteiger partial charge in [0.25, 0.3) is 5.56 Å². The smallest absolute Gasteiger partial charge is 0.459 e. The summed E-state index contributed by atoms with van der Waals surface area (Å²) in [6, 6.07) is 7.06. The van der Waals surface area contributed by atoms with E-state index in [0.717, 1.165) is 17.8 Å². The molecule has 0 fully saturated rings. The van der Waals surface area contributed by atoms with E-state index >= 15 is 4.39 Å². The van der Waals surface area contributed by atoms with E-state index in [-0.39, 0.29) is 29.5 Å². The molecule has 0 aliphatic carbocycles. The monoisotopic (exact) mass is 570 g/mol. The van der Waals surface area contributed by atoms with Crippen molar-refractivity contribution in [3.05, 3.63) is 47.0 Å². The number of para-hydroxylation sites is 1. The fraction of sp³-hybridized carbons (Fsp3) is 0.478. The summed E-state index contributed by atoms with van der Waals surface area (Å²) in [6.45, 7) is 4.13. The number of benzene rings is 1. The van der Waals surface area contributed by atoms with Gasteiger partial charge < -0.3 is 24.8 Å². The first-order valence-corrected chi connectivity index (χ1v) is 13.5. The summed E-state index contributed by atoms with van der Waals surface area (Å²) in [5.41, 5.74) is 2.42. The van der Waals surface area contributed by atoms with Crippen LogP contribution in [0.15, 0.2) is 41.5 Å². The van der Waals surface area contributed by atoms with Crippen molar-refractivity contribution in [1.29, 1.82) is 0 Å². The lowest BCUT2D eigenvalue weighted by molar-refractivity contribution is -0.149. The molecule has 0 spiro atoms. The van der Waals surface area contributed by atoms with Gasteiger partial charge in [-0.25, -0.2) is 13.9 Å². The highest BCUT2D eigenvalue weighted by atomic mass is 31.2. The molecule has 2 heterocycles. The second kappa shape index (κ2) is 12.7. The molecule has 16 heteroatoms. The van der Waals surface area contributed by atoms with Gasteiger partial charge in [-0.1, -0.05) is 18.2 Å². The Balaban J connectivity index is 1.77. The SMILES string of the molecule is CC(C)OC(=O)[C@@H](C)NP(=O)(OCCO[C@@H](n1cnc2c(=O)[nH]c(N)nc21)[C@](C)(F)CO)Oc1ccccc1. The highest BCUT2D eigenvalue weighted by molar-refractivity contribution is 7.52. The van der Waals surface area contributed by atoms with Crippen molar-refractivity contribution >= 4 is 30.8 Å². The van der Waals surface area contributed by atoms with Crippen LogP contribution < -0.4 is 20.9 Å². The number of hydrogen-bond acceptors (Lipinski definition) is 11. The number of imidazole rings is 1. The molecule has 2 aromatic heterocycles. The number of anilines is 1. The summed E-state index contributed by atoms with van der Waals surface area (Å²) < 4.78 is 51.8. The maximum absolute atomic E-state index is 15.3. The van der Waals surface area contributed by atoms with Crippen LogP contribution in [0.4, 0.5) is 10.3 Å². The molecule has 0 bridgehead atoms. The maximum Gasteiger partial charge on any atom is 0.459 e. The first kappa shape index (κ1) is 30.2. The number of nitrogens with two attached hydrogens (primary N) is 1. The normalized spacial score (nSPS) is 16.4. The van der Waals surface area contributed by atoms with Crippen molar-refractivity contribution in [2.75, 3.05) is 25.6 Å². The zero-order valence-corrected chi connectivity index (χ0v) is 22.8. The molecule has 0 saturated heterocycles. The van der Waals surface area contributed by atoms with Gasteiger partial charge in [-0.15, -0.1) is 0 Å². The number of aliphatic hydroxyl groups is 1. The predicted octanol–water partition coefficient (Wildman–Crippen LogP) is 2.07. The molecule has 4 atom stereocenters. The summed E-state index contributed by atoms with van der Waals surface area (Å²) in [4.78, 5) is 34.6. The van der Waals surface area contributed by atoms with Crippen molar-refractivity contribution in [3.8, 4) is 5.75 Å². The van der Waals surface area contributed by atoms with Gasteiger partial charge in [0.2, 0.25) is 5.95 Å². The van der Waals surface area contributed by atoms with Crippen molar-refractivity contribution in [1.82, 2.24) is 24.6 Å². The van der Waals surface area contributed by atoms with Gasteiger partial charge in [0.15, 0.2) is 23.1 Å². The van der Waals surface area contributed by atoms with Crippen LogP contribution in [0.5, 0.6) is 5.75 Å². The van der Waals surface area contributed by atoms with Crippen LogP contribution in [0.25, 0.3) is 11.2 Å². The number of aromatic nitrogens is 4. The lowest BCUT2D eigenvalue weighted by Gasteiger charge is -2.30. The van der Waals surface area contributed by atoms with Gasteiger partial charge in [-0.05, 0) is 39.8 Å². The van der Waals surface area contributed by atoms with Crippen molar-refractivity contribution < 1.29 is 37.4 Å². The molecular weight excluding hydrogens is 538 g/mol. The van der Waals surface area contributed by atoms with Crippen molar-refractivity contribution in [2.24, 2.45) is 0 Å². The number of hydrogen-bond donors (Lipinski definition) is 4. The van der Waals surface area contributed by atoms with E-state index in [1.165, 1.54) is 6.92 Å². The minimum absolute atomic E-state index is 0.0725. The van der Waals surface area contributed by atoms with Gasteiger partial charge in [-0.3, -0.25) is 23.7 Å². The van der Waals surface area contributed by atoms with E-state index in [1.807, 2.05) is 0 Å². The highest BCUT2D eigenvalue weighted by Gasteiger charge is 2.38. The van der Waals surface area contributed by atoms with Crippen LogP contribution in [0, 0.1) is 0 Å². The molecule has 1 unspecified atom stereocenters. The van der Waals surface area contributed by atoms with Crippen LogP contribution in [0.3, 0.4) is 0 Å². The largest absolute Gasteiger partial charge is 0.462 e. The third-order valence-electron chi connectivity index (χ3n) is 5.17. The molecule has 14 nitrogen and oxygen atoms in total. The number of nitrogens with zero attached hydrogens (tertiary/aromatic N) is 3. The Labute approximate surface area is 223 Å². The van der Waals surface area contributed by atoms with E-state index in [1.54, 1.807) is 44.2 Å². The first-order chi connectivity index (χ1) is 18.3. The second-order valence-electron chi connectivity index (χ2n) is 9.01. The molecule has 0 aliphatic heterocycles. The van der Waals surface area contributed by atoms with Crippen LogP contribution in [-0.2, 0) is 23.4 Å². The number of rotatable bonds is 14. The Morgan fingerprint density at radius 2 is 1.97 bits per heavy atom. The number of halogens is 1. The fourth-order valence-electron chi connectivity index (χ4n) is 3.39. The molecule has 214 valence electrons. The number of carbonyl (C=O) groups is 1. The number of alkyl halides is 1. The van der Waals surface area contributed by atoms with E-state index < -0.39 is 56.5 Å². The molecule has 0 aliphatic rings. The fourth-order valence-corrected chi connectivity index (χ4v) is 4.86. The molecule has 0 amide bonds. The van der Waals surface area contributed by atoms with Crippen LogP contribution >= 0.6 is 7.75 Å². The Kier molecular flexibility index (Phi) is 9.80. The first-order valence-electron chi connectivity index (χ1n) is 12.0. The minimum atomic E-state index is -4.18. The van der Waals surface area contributed by atoms with Gasteiger partial charge in [-0.2, -0.15) is 10.1 Å². The van der Waals surface area contributed by atoms with E-state index in [2.05, 4.69) is 20.0 Å². The quantitative estimate of drug-likeness (QED) is 0.125. The molecule has 1 aromatic carbocycles. The Morgan fingerprint density at radius 1 is 1.28 bits per heavy atom. The average molecular weight is 571 g/mol. The summed E-state index contributed by atoms with van der Waals surface area (Å²) >= 11 is 0. The summed E-state index contributed by atoms with van der Waals surface area (Å²) in [5.74, 6) is -0.699. The van der Waals surface area contributed by atoms with Gasteiger partial charge in [0.1, 0.15) is 11.8 Å². The number of fused-ring (bicyclic) bond motifs is 1. The van der Waals surface area contributed by atoms with Crippen molar-refractivity contribution in [2.45, 2.75) is 51.7 Å². The minimum Gasteiger partial charge on any atom is -0.462 e. The number of aromatic amines is 1. The standard InChI is InChI=1S/C23H32FN6O8P/c1-14(2)37-20(33)15(3)29-39(34,38-16-8-6-5-7-9-16)36-11-10-35-21(23(4,24)12-31)30-13-26-17-18(30)27-22(25)28-19(17)32/h5-9,13-15,21,31H,10-12H2,1-4H3,(H,29,34)(H3,25,27,28,32)/t15-,21-,23-,39?/m1/s1. The molecule has 5 N–H and O–H groups in total. The molecule has 3 aromatic rings. The van der Waals surface area contributed by atoms with Gasteiger partial charge in [0, 0.05) is 0 Å². The zero-order chi connectivity index (χ0) is 28.8. The van der Waals surface area contributed by atoms with E-state index in [0.29, 0.717) is 0 Å². The van der Waals surface area contributed by atoms with Gasteiger partial charge >= 0.3 is 13.7 Å². The highest BCUT2D eigenvalue weighted by Crippen LogP contribution is 2.45.